The minimum Gasteiger partial charge on any atom is -0.486 e. The van der Waals surface area contributed by atoms with E-state index >= 15 is 0 Å². The van der Waals surface area contributed by atoms with E-state index < -0.39 is 0 Å². The van der Waals surface area contributed by atoms with E-state index in [4.69, 9.17) is 9.47 Å². The van der Waals surface area contributed by atoms with Crippen molar-refractivity contribution in [1.29, 1.82) is 0 Å². The van der Waals surface area contributed by atoms with Crippen LogP contribution in [0.4, 0.5) is 10.1 Å². The predicted octanol–water partition coefficient (Wildman–Crippen LogP) is 5.09. The minimum atomic E-state index is -0.349. The third kappa shape index (κ3) is 4.16. The van der Waals surface area contributed by atoms with Gasteiger partial charge >= 0.3 is 0 Å². The van der Waals surface area contributed by atoms with Gasteiger partial charge in [0.1, 0.15) is 24.0 Å². The Morgan fingerprint density at radius 1 is 1.14 bits per heavy atom. The van der Waals surface area contributed by atoms with Crippen LogP contribution in [0, 0.1) is 5.82 Å². The van der Waals surface area contributed by atoms with E-state index in [0.717, 1.165) is 35.9 Å². The number of hydrogen-bond acceptors (Lipinski definition) is 7. The zero-order valence-electron chi connectivity index (χ0n) is 19.6. The summed E-state index contributed by atoms with van der Waals surface area (Å²) in [6.45, 7) is 4.95. The van der Waals surface area contributed by atoms with Gasteiger partial charge in [0.2, 0.25) is 5.01 Å². The van der Waals surface area contributed by atoms with Crippen molar-refractivity contribution in [3.8, 4) is 11.5 Å². The normalized spacial score (nSPS) is 20.6. The van der Waals surface area contributed by atoms with Gasteiger partial charge in [-0.15, -0.1) is 10.2 Å². The first-order chi connectivity index (χ1) is 17.0. The molecule has 2 aromatic carbocycles. The lowest BCUT2D eigenvalue weighted by Gasteiger charge is -2.46. The second-order valence-electron chi connectivity index (χ2n) is 9.61. The largest absolute Gasteiger partial charge is 0.486 e. The smallest absolute Gasteiger partial charge is 0.286 e. The topological polar surface area (TPSA) is 76.6 Å². The van der Waals surface area contributed by atoms with Gasteiger partial charge in [-0.05, 0) is 67.3 Å². The Bertz CT molecular complexity index is 1260. The second kappa shape index (κ2) is 8.87. The van der Waals surface area contributed by atoms with E-state index in [-0.39, 0.29) is 23.2 Å². The van der Waals surface area contributed by atoms with E-state index in [1.165, 1.54) is 59.6 Å². The molecule has 35 heavy (non-hydrogen) atoms. The van der Waals surface area contributed by atoms with Crippen LogP contribution < -0.4 is 14.8 Å². The summed E-state index contributed by atoms with van der Waals surface area (Å²) in [5.74, 6) is 1.00. The van der Waals surface area contributed by atoms with Gasteiger partial charge in [-0.2, -0.15) is 0 Å². The number of nitrogens with zero attached hydrogens (tertiary/aromatic N) is 3. The number of carbonyl (C=O) groups is 1. The number of amides is 1. The SMILES string of the molecule is C[C@@H]1c2cc3c(cc2C2(CCCC2)CN1Cc1nnc(C(=O)Nc2ccc(F)cc2)s1)OCCO3. The number of benzene rings is 2. The molecule has 3 aliphatic rings. The highest BCUT2D eigenvalue weighted by atomic mass is 32.1. The molecule has 1 saturated carbocycles. The molecule has 1 aromatic heterocycles. The van der Waals surface area contributed by atoms with Gasteiger partial charge < -0.3 is 14.8 Å². The molecule has 2 aliphatic heterocycles. The van der Waals surface area contributed by atoms with Gasteiger partial charge in [0.15, 0.2) is 11.5 Å². The number of carbonyl (C=O) groups excluding carboxylic acids is 1. The first-order valence-corrected chi connectivity index (χ1v) is 12.9. The fourth-order valence-corrected chi connectivity index (χ4v) is 6.45. The van der Waals surface area contributed by atoms with Crippen LogP contribution in [0.3, 0.4) is 0 Å². The van der Waals surface area contributed by atoms with Crippen molar-refractivity contribution in [2.24, 2.45) is 0 Å². The Kier molecular flexibility index (Phi) is 5.69. The Morgan fingerprint density at radius 2 is 1.86 bits per heavy atom. The number of nitrogens with one attached hydrogen (secondary N) is 1. The van der Waals surface area contributed by atoms with Gasteiger partial charge in [0.25, 0.3) is 5.91 Å². The summed E-state index contributed by atoms with van der Waals surface area (Å²) in [6, 6.07) is 10.2. The second-order valence-corrected chi connectivity index (χ2v) is 10.7. The summed E-state index contributed by atoms with van der Waals surface area (Å²) in [5.41, 5.74) is 3.32. The Balaban J connectivity index is 1.24. The molecule has 0 saturated heterocycles. The van der Waals surface area contributed by atoms with Crippen molar-refractivity contribution in [2.45, 2.75) is 50.6 Å². The van der Waals surface area contributed by atoms with Crippen LogP contribution in [0.2, 0.25) is 0 Å². The summed E-state index contributed by atoms with van der Waals surface area (Å²) < 4.78 is 24.9. The molecule has 9 heteroatoms. The summed E-state index contributed by atoms with van der Waals surface area (Å²) >= 11 is 1.30. The molecule has 1 fully saturated rings. The molecule has 1 aliphatic carbocycles. The molecular weight excluding hydrogens is 467 g/mol. The molecule has 1 amide bonds. The van der Waals surface area contributed by atoms with Crippen LogP contribution in [0.25, 0.3) is 0 Å². The Labute approximate surface area is 207 Å². The Morgan fingerprint density at radius 3 is 2.60 bits per heavy atom. The zero-order valence-corrected chi connectivity index (χ0v) is 20.4. The van der Waals surface area contributed by atoms with E-state index in [9.17, 15) is 9.18 Å². The number of fused-ring (bicyclic) bond motifs is 3. The number of aromatic nitrogens is 2. The molecule has 0 radical (unpaired) electrons. The summed E-state index contributed by atoms with van der Waals surface area (Å²) in [7, 11) is 0. The highest BCUT2D eigenvalue weighted by Gasteiger charge is 2.45. The maximum absolute atomic E-state index is 13.1. The van der Waals surface area contributed by atoms with Crippen LogP contribution in [-0.4, -0.2) is 40.8 Å². The summed E-state index contributed by atoms with van der Waals surface area (Å²) in [6.07, 6.45) is 4.76. The molecule has 3 aromatic rings. The lowest BCUT2D eigenvalue weighted by molar-refractivity contribution is 0.102. The van der Waals surface area contributed by atoms with Gasteiger partial charge in [-0.3, -0.25) is 9.69 Å². The molecule has 182 valence electrons. The molecule has 1 spiro atoms. The summed E-state index contributed by atoms with van der Waals surface area (Å²) in [4.78, 5) is 15.1. The average molecular weight is 495 g/mol. The average Bonchev–Trinajstić information content (AvgIpc) is 3.54. The first-order valence-electron chi connectivity index (χ1n) is 12.1. The fraction of sp³-hybridized carbons (Fsp3) is 0.423. The van der Waals surface area contributed by atoms with Gasteiger partial charge in [-0.25, -0.2) is 4.39 Å². The maximum atomic E-state index is 13.1. The van der Waals surface area contributed by atoms with Crippen molar-refractivity contribution in [2.75, 3.05) is 25.1 Å². The molecule has 1 N–H and O–H groups in total. The van der Waals surface area contributed by atoms with Crippen molar-refractivity contribution < 1.29 is 18.7 Å². The zero-order chi connectivity index (χ0) is 24.0. The first kappa shape index (κ1) is 22.4. The number of hydrogen-bond donors (Lipinski definition) is 1. The van der Waals surface area contributed by atoms with E-state index in [1.807, 2.05) is 0 Å². The minimum absolute atomic E-state index is 0.102. The van der Waals surface area contributed by atoms with E-state index in [0.29, 0.717) is 30.5 Å². The van der Waals surface area contributed by atoms with Crippen LogP contribution in [0.5, 0.6) is 11.5 Å². The lowest BCUT2D eigenvalue weighted by atomic mass is 9.71. The summed E-state index contributed by atoms with van der Waals surface area (Å²) in [5, 5.41) is 12.3. The molecule has 0 unspecified atom stereocenters. The lowest BCUT2D eigenvalue weighted by Crippen LogP contribution is -2.45. The van der Waals surface area contributed by atoms with E-state index in [1.54, 1.807) is 0 Å². The molecule has 6 rings (SSSR count). The molecular formula is C26H27FN4O3S. The highest BCUT2D eigenvalue weighted by Crippen LogP contribution is 2.52. The molecule has 3 heterocycles. The monoisotopic (exact) mass is 494 g/mol. The molecule has 7 nitrogen and oxygen atoms in total. The standard InChI is InChI=1S/C26H27FN4O3S/c1-16-19-12-21-22(34-11-10-33-21)13-20(19)26(8-2-3-9-26)15-31(16)14-23-29-30-25(35-23)24(32)28-18-6-4-17(27)5-7-18/h4-7,12-13,16H,2-3,8-11,14-15H2,1H3,(H,28,32)/t16-/m1/s1. The van der Waals surface area contributed by atoms with Crippen LogP contribution in [-0.2, 0) is 12.0 Å². The van der Waals surface area contributed by atoms with Crippen LogP contribution in [0.1, 0.15) is 64.6 Å². The van der Waals surface area contributed by atoms with Crippen LogP contribution in [0.15, 0.2) is 36.4 Å². The quantitative estimate of drug-likeness (QED) is 0.545. The number of ether oxygens (including phenoxy) is 2. The van der Waals surface area contributed by atoms with Gasteiger partial charge in [0.05, 0.1) is 6.54 Å². The molecule has 0 bridgehead atoms. The van der Waals surface area contributed by atoms with Crippen molar-refractivity contribution in [3.05, 3.63) is 63.4 Å². The maximum Gasteiger partial charge on any atom is 0.286 e. The Hall–Kier alpha value is -3.04. The van der Waals surface area contributed by atoms with Crippen molar-refractivity contribution >= 4 is 22.9 Å². The number of rotatable bonds is 4. The third-order valence-electron chi connectivity index (χ3n) is 7.45. The highest BCUT2D eigenvalue weighted by molar-refractivity contribution is 7.13. The predicted molar refractivity (Wildman–Crippen MR) is 131 cm³/mol. The van der Waals surface area contributed by atoms with Gasteiger partial charge in [0, 0.05) is 23.7 Å². The van der Waals surface area contributed by atoms with Crippen molar-refractivity contribution in [3.63, 3.8) is 0 Å². The van der Waals surface area contributed by atoms with Crippen LogP contribution >= 0.6 is 11.3 Å². The number of anilines is 1. The van der Waals surface area contributed by atoms with Crippen molar-refractivity contribution in [1.82, 2.24) is 15.1 Å². The molecule has 1 atom stereocenters. The van der Waals surface area contributed by atoms with Gasteiger partial charge in [-0.1, -0.05) is 24.2 Å². The third-order valence-corrected chi connectivity index (χ3v) is 8.36. The number of halogens is 1. The fourth-order valence-electron chi connectivity index (χ4n) is 5.69. The van der Waals surface area contributed by atoms with E-state index in [2.05, 4.69) is 39.5 Å².